The van der Waals surface area contributed by atoms with Gasteiger partial charge in [-0.15, -0.1) is 11.8 Å². The molecule has 0 unspecified atom stereocenters. The monoisotopic (exact) mass is 256 g/mol. The van der Waals surface area contributed by atoms with Crippen LogP contribution in [0.2, 0.25) is 0 Å². The molecule has 0 aliphatic carbocycles. The van der Waals surface area contributed by atoms with E-state index in [1.165, 1.54) is 4.90 Å². The first-order chi connectivity index (χ1) is 8.90. The average Bonchev–Trinajstić information content (AvgIpc) is 2.46. The summed E-state index contributed by atoms with van der Waals surface area (Å²) in [5.74, 6) is 0.870. The zero-order chi connectivity index (χ0) is 12.6. The molecule has 0 radical (unpaired) electrons. The number of hydrogen-bond donors (Lipinski definition) is 1. The highest BCUT2D eigenvalue weighted by Crippen LogP contribution is 2.20. The van der Waals surface area contributed by atoms with E-state index in [0.29, 0.717) is 0 Å². The molecule has 1 N–H and O–H groups in total. The van der Waals surface area contributed by atoms with Crippen molar-refractivity contribution < 1.29 is 5.11 Å². The fraction of sp³-hybridized carbons (Fsp3) is 0.125. The molecule has 2 aromatic carbocycles. The van der Waals surface area contributed by atoms with Gasteiger partial charge < -0.3 is 5.11 Å². The van der Waals surface area contributed by atoms with Crippen LogP contribution < -0.4 is 0 Å². The molecule has 2 heteroatoms. The number of benzene rings is 2. The lowest BCUT2D eigenvalue weighted by Gasteiger charge is -2.04. The minimum atomic E-state index is 0.0827. The summed E-state index contributed by atoms with van der Waals surface area (Å²) < 4.78 is 0. The second kappa shape index (κ2) is 7.04. The van der Waals surface area contributed by atoms with Crippen molar-refractivity contribution in [1.82, 2.24) is 0 Å². The Labute approximate surface area is 112 Å². The van der Waals surface area contributed by atoms with Gasteiger partial charge in [-0.2, -0.15) is 0 Å². The molecule has 2 aromatic rings. The summed E-state index contributed by atoms with van der Waals surface area (Å²) in [6.07, 6.45) is 2.09. The smallest absolute Gasteiger partial charge is 0.0684 e. The summed E-state index contributed by atoms with van der Waals surface area (Å²) in [6.45, 7) is 0.0827. The van der Waals surface area contributed by atoms with Gasteiger partial charge in [-0.1, -0.05) is 54.6 Å². The van der Waals surface area contributed by atoms with Gasteiger partial charge in [-0.3, -0.25) is 0 Å². The maximum atomic E-state index is 9.40. The van der Waals surface area contributed by atoms with Gasteiger partial charge in [-0.05, 0) is 23.3 Å². The molecule has 1 nitrogen and oxygen atoms in total. The van der Waals surface area contributed by atoms with E-state index in [1.807, 2.05) is 48.5 Å². The van der Waals surface area contributed by atoms with E-state index >= 15 is 0 Å². The molecule has 0 spiro atoms. The summed E-state index contributed by atoms with van der Waals surface area (Å²) in [7, 11) is 0. The second-order valence-electron chi connectivity index (χ2n) is 3.88. The predicted octanol–water partition coefficient (Wildman–Crippen LogP) is 3.85. The first-order valence-electron chi connectivity index (χ1n) is 5.93. The molecule has 0 amide bonds. The largest absolute Gasteiger partial charge is 0.392 e. The molecule has 92 valence electrons. The number of rotatable bonds is 5. The molecule has 0 aliphatic heterocycles. The van der Waals surface area contributed by atoms with E-state index in [9.17, 15) is 5.11 Å². The zero-order valence-electron chi connectivity index (χ0n) is 10.1. The summed E-state index contributed by atoms with van der Waals surface area (Å²) >= 11 is 1.77. The van der Waals surface area contributed by atoms with Crippen molar-refractivity contribution in [3.05, 3.63) is 72.3 Å². The Morgan fingerprint density at radius 3 is 2.17 bits per heavy atom. The van der Waals surface area contributed by atoms with Gasteiger partial charge in [0.1, 0.15) is 0 Å². The molecule has 0 aliphatic rings. The van der Waals surface area contributed by atoms with Crippen LogP contribution in [0.5, 0.6) is 0 Å². The Morgan fingerprint density at radius 1 is 0.944 bits per heavy atom. The summed E-state index contributed by atoms with van der Waals surface area (Å²) in [6, 6.07) is 20.3. The molecule has 0 fully saturated rings. The lowest BCUT2D eigenvalue weighted by molar-refractivity contribution is 0.350. The Bertz CT molecular complexity index is 491. The van der Waals surface area contributed by atoms with Crippen LogP contribution in [-0.2, 0) is 0 Å². The fourth-order valence-corrected chi connectivity index (χ4v) is 2.51. The third kappa shape index (κ3) is 3.76. The molecule has 2 rings (SSSR count). The molecular formula is C16H16OS. The van der Waals surface area contributed by atoms with Crippen molar-refractivity contribution >= 4 is 17.3 Å². The number of aliphatic hydroxyl groups excluding tert-OH is 1. The highest BCUT2D eigenvalue weighted by Gasteiger charge is 1.98. The van der Waals surface area contributed by atoms with E-state index in [-0.39, 0.29) is 6.61 Å². The molecular weight excluding hydrogens is 240 g/mol. The molecule has 0 aromatic heterocycles. The summed E-state index contributed by atoms with van der Waals surface area (Å²) in [4.78, 5) is 1.25. The average molecular weight is 256 g/mol. The zero-order valence-corrected chi connectivity index (χ0v) is 10.9. The van der Waals surface area contributed by atoms with Crippen LogP contribution in [0.15, 0.2) is 71.6 Å². The van der Waals surface area contributed by atoms with Crippen molar-refractivity contribution in [3.63, 3.8) is 0 Å². The third-order valence-corrected chi connectivity index (χ3v) is 3.58. The van der Waals surface area contributed by atoms with Crippen LogP contribution in [-0.4, -0.2) is 17.5 Å². The van der Waals surface area contributed by atoms with Crippen LogP contribution in [0.25, 0.3) is 5.57 Å². The lowest BCUT2D eigenvalue weighted by atomic mass is 10.1. The quantitative estimate of drug-likeness (QED) is 0.820. The highest BCUT2D eigenvalue weighted by atomic mass is 32.2. The molecule has 0 saturated carbocycles. The third-order valence-electron chi connectivity index (χ3n) is 2.64. The van der Waals surface area contributed by atoms with Gasteiger partial charge in [0.2, 0.25) is 0 Å². The van der Waals surface area contributed by atoms with E-state index in [2.05, 4.69) is 18.2 Å². The second-order valence-corrected chi connectivity index (χ2v) is 4.97. The van der Waals surface area contributed by atoms with E-state index < -0.39 is 0 Å². The van der Waals surface area contributed by atoms with E-state index in [1.54, 1.807) is 11.8 Å². The van der Waals surface area contributed by atoms with Gasteiger partial charge in [0.25, 0.3) is 0 Å². The van der Waals surface area contributed by atoms with Crippen molar-refractivity contribution in [2.24, 2.45) is 0 Å². The lowest BCUT2D eigenvalue weighted by Crippen LogP contribution is -1.91. The SMILES string of the molecule is OC/C(=C\CSc1ccccc1)c1ccccc1. The normalized spacial score (nSPS) is 11.5. The Balaban J connectivity index is 1.99. The standard InChI is InChI=1S/C16H16OS/c17-13-15(14-7-3-1-4-8-14)11-12-18-16-9-5-2-6-10-16/h1-11,17H,12-13H2/b15-11+. The fourth-order valence-electron chi connectivity index (χ4n) is 1.68. The molecule has 0 saturated heterocycles. The molecule has 0 atom stereocenters. The molecule has 0 bridgehead atoms. The first-order valence-corrected chi connectivity index (χ1v) is 6.92. The predicted molar refractivity (Wildman–Crippen MR) is 78.7 cm³/mol. The van der Waals surface area contributed by atoms with Crippen LogP contribution in [0.4, 0.5) is 0 Å². The van der Waals surface area contributed by atoms with E-state index in [4.69, 9.17) is 0 Å². The Kier molecular flexibility index (Phi) is 5.06. The summed E-state index contributed by atoms with van der Waals surface area (Å²) in [5, 5.41) is 9.40. The van der Waals surface area contributed by atoms with Crippen molar-refractivity contribution in [2.75, 3.05) is 12.4 Å². The topological polar surface area (TPSA) is 20.2 Å². The van der Waals surface area contributed by atoms with Crippen molar-refractivity contribution in [1.29, 1.82) is 0 Å². The minimum Gasteiger partial charge on any atom is -0.392 e. The van der Waals surface area contributed by atoms with Crippen LogP contribution in [0, 0.1) is 0 Å². The van der Waals surface area contributed by atoms with Gasteiger partial charge >= 0.3 is 0 Å². The van der Waals surface area contributed by atoms with Crippen molar-refractivity contribution in [2.45, 2.75) is 4.90 Å². The van der Waals surface area contributed by atoms with Gasteiger partial charge in [-0.25, -0.2) is 0 Å². The first kappa shape index (κ1) is 12.9. The molecule has 18 heavy (non-hydrogen) atoms. The van der Waals surface area contributed by atoms with Crippen LogP contribution in [0.3, 0.4) is 0 Å². The minimum absolute atomic E-state index is 0.0827. The number of hydrogen-bond acceptors (Lipinski definition) is 2. The maximum Gasteiger partial charge on any atom is 0.0684 e. The van der Waals surface area contributed by atoms with Crippen LogP contribution >= 0.6 is 11.8 Å². The number of aliphatic hydroxyl groups is 1. The Hall–Kier alpha value is -1.51. The highest BCUT2D eigenvalue weighted by molar-refractivity contribution is 7.99. The van der Waals surface area contributed by atoms with E-state index in [0.717, 1.165) is 16.9 Å². The van der Waals surface area contributed by atoms with Gasteiger partial charge in [0.15, 0.2) is 0 Å². The maximum absolute atomic E-state index is 9.40. The van der Waals surface area contributed by atoms with Crippen molar-refractivity contribution in [3.8, 4) is 0 Å². The van der Waals surface area contributed by atoms with Crippen LogP contribution in [0.1, 0.15) is 5.56 Å². The molecule has 0 heterocycles. The number of thioether (sulfide) groups is 1. The van der Waals surface area contributed by atoms with Gasteiger partial charge in [0.05, 0.1) is 6.61 Å². The van der Waals surface area contributed by atoms with Gasteiger partial charge in [0, 0.05) is 10.6 Å². The summed E-state index contributed by atoms with van der Waals surface area (Å²) in [5.41, 5.74) is 2.08. The Morgan fingerprint density at radius 2 is 1.56 bits per heavy atom.